The Bertz CT molecular complexity index is 232. The number of rotatable bonds is 5. The van der Waals surface area contributed by atoms with Crippen LogP contribution in [0, 0.1) is 5.41 Å². The maximum absolute atomic E-state index is 5.50. The Balaban J connectivity index is 1.91. The molecule has 2 aliphatic rings. The van der Waals surface area contributed by atoms with Crippen LogP contribution in [0.3, 0.4) is 0 Å². The van der Waals surface area contributed by atoms with Gasteiger partial charge in [0.1, 0.15) is 0 Å². The molecule has 0 amide bonds. The quantitative estimate of drug-likeness (QED) is 0.728. The van der Waals surface area contributed by atoms with Gasteiger partial charge in [-0.1, -0.05) is 28.8 Å². The molecular formula is C13H24BrNO2. The van der Waals surface area contributed by atoms with Gasteiger partial charge in [-0.05, 0) is 18.3 Å². The van der Waals surface area contributed by atoms with E-state index in [-0.39, 0.29) is 12.2 Å². The summed E-state index contributed by atoms with van der Waals surface area (Å²) in [4.78, 5) is 2.52. The van der Waals surface area contributed by atoms with Gasteiger partial charge in [0.15, 0.2) is 0 Å². The van der Waals surface area contributed by atoms with E-state index in [0.29, 0.717) is 5.41 Å². The van der Waals surface area contributed by atoms with Crippen LogP contribution in [0.4, 0.5) is 0 Å². The van der Waals surface area contributed by atoms with E-state index in [1.54, 1.807) is 14.2 Å². The summed E-state index contributed by atoms with van der Waals surface area (Å²) in [5, 5.41) is 1.13. The summed E-state index contributed by atoms with van der Waals surface area (Å²) in [5.74, 6) is 0. The Hall–Kier alpha value is 0.360. The summed E-state index contributed by atoms with van der Waals surface area (Å²) >= 11 is 3.72. The predicted molar refractivity (Wildman–Crippen MR) is 72.7 cm³/mol. The van der Waals surface area contributed by atoms with Crippen LogP contribution in [0.15, 0.2) is 0 Å². The van der Waals surface area contributed by atoms with Gasteiger partial charge >= 0.3 is 0 Å². The first-order chi connectivity index (χ1) is 8.23. The molecule has 1 heterocycles. The number of alkyl halides is 1. The van der Waals surface area contributed by atoms with Crippen molar-refractivity contribution in [1.29, 1.82) is 0 Å². The van der Waals surface area contributed by atoms with E-state index in [4.69, 9.17) is 9.47 Å². The molecule has 17 heavy (non-hydrogen) atoms. The Kier molecular flexibility index (Phi) is 4.87. The summed E-state index contributed by atoms with van der Waals surface area (Å²) in [7, 11) is 3.58. The van der Waals surface area contributed by atoms with Gasteiger partial charge in [-0.25, -0.2) is 0 Å². The van der Waals surface area contributed by atoms with E-state index in [0.717, 1.165) is 18.4 Å². The van der Waals surface area contributed by atoms with Crippen molar-refractivity contribution in [2.75, 3.05) is 39.2 Å². The lowest BCUT2D eigenvalue weighted by Gasteiger charge is -2.31. The fraction of sp³-hybridized carbons (Fsp3) is 1.00. The van der Waals surface area contributed by atoms with Crippen molar-refractivity contribution in [2.45, 2.75) is 37.9 Å². The predicted octanol–water partition coefficient (Wildman–Crippen LogP) is 2.29. The second-order valence-electron chi connectivity index (χ2n) is 5.58. The normalized spacial score (nSPS) is 33.4. The molecule has 0 spiro atoms. The van der Waals surface area contributed by atoms with E-state index in [2.05, 4.69) is 20.8 Å². The zero-order chi connectivity index (χ0) is 12.3. The summed E-state index contributed by atoms with van der Waals surface area (Å²) in [5.41, 5.74) is 0.501. The minimum atomic E-state index is 0.244. The Morgan fingerprint density at radius 2 is 1.65 bits per heavy atom. The highest BCUT2D eigenvalue weighted by Crippen LogP contribution is 2.40. The standard InChI is InChI=1S/C13H24BrNO2/c1-16-11-7-15(8-12(11)17-2)10-13(9-14)5-3-4-6-13/h11-12H,3-10H2,1-2H3. The molecule has 3 nitrogen and oxygen atoms in total. The molecule has 0 aromatic rings. The summed E-state index contributed by atoms with van der Waals surface area (Å²) in [6, 6.07) is 0. The zero-order valence-electron chi connectivity index (χ0n) is 11.0. The maximum Gasteiger partial charge on any atom is 0.0971 e. The zero-order valence-corrected chi connectivity index (χ0v) is 12.5. The Morgan fingerprint density at radius 3 is 2.06 bits per heavy atom. The molecule has 2 atom stereocenters. The average Bonchev–Trinajstić information content (AvgIpc) is 2.96. The van der Waals surface area contributed by atoms with Gasteiger partial charge in [-0.3, -0.25) is 4.90 Å². The van der Waals surface area contributed by atoms with Crippen molar-refractivity contribution in [1.82, 2.24) is 4.90 Å². The van der Waals surface area contributed by atoms with E-state index in [1.165, 1.54) is 32.2 Å². The lowest BCUT2D eigenvalue weighted by atomic mass is 9.88. The molecule has 100 valence electrons. The monoisotopic (exact) mass is 305 g/mol. The third-order valence-corrected chi connectivity index (χ3v) is 5.59. The summed E-state index contributed by atoms with van der Waals surface area (Å²) < 4.78 is 11.0. The van der Waals surface area contributed by atoms with Gasteiger partial charge in [0, 0.05) is 39.2 Å². The van der Waals surface area contributed by atoms with Crippen molar-refractivity contribution >= 4 is 15.9 Å². The third kappa shape index (κ3) is 3.03. The minimum absolute atomic E-state index is 0.244. The number of halogens is 1. The van der Waals surface area contributed by atoms with Gasteiger partial charge in [0.2, 0.25) is 0 Å². The average molecular weight is 306 g/mol. The Labute approximate surface area is 113 Å². The number of hydrogen-bond donors (Lipinski definition) is 0. The van der Waals surface area contributed by atoms with E-state index >= 15 is 0 Å². The number of ether oxygens (including phenoxy) is 2. The maximum atomic E-state index is 5.50. The van der Waals surface area contributed by atoms with Crippen LogP contribution in [-0.4, -0.2) is 56.3 Å². The molecule has 2 unspecified atom stereocenters. The molecule has 2 fully saturated rings. The number of hydrogen-bond acceptors (Lipinski definition) is 3. The highest BCUT2D eigenvalue weighted by Gasteiger charge is 2.39. The second-order valence-corrected chi connectivity index (χ2v) is 6.14. The number of nitrogens with zero attached hydrogens (tertiary/aromatic N) is 1. The number of likely N-dealkylation sites (tertiary alicyclic amines) is 1. The van der Waals surface area contributed by atoms with Crippen LogP contribution in [0.25, 0.3) is 0 Å². The smallest absolute Gasteiger partial charge is 0.0971 e. The molecule has 0 aromatic carbocycles. The fourth-order valence-corrected chi connectivity index (χ4v) is 4.07. The third-order valence-electron chi connectivity index (χ3n) is 4.40. The van der Waals surface area contributed by atoms with Crippen LogP contribution in [-0.2, 0) is 9.47 Å². The topological polar surface area (TPSA) is 21.7 Å². The Morgan fingerprint density at radius 1 is 1.12 bits per heavy atom. The van der Waals surface area contributed by atoms with Gasteiger partial charge in [0.25, 0.3) is 0 Å². The first-order valence-corrected chi connectivity index (χ1v) is 7.69. The van der Waals surface area contributed by atoms with Crippen molar-refractivity contribution < 1.29 is 9.47 Å². The van der Waals surface area contributed by atoms with Crippen LogP contribution in [0.1, 0.15) is 25.7 Å². The lowest BCUT2D eigenvalue weighted by molar-refractivity contribution is -0.00461. The SMILES string of the molecule is COC1CN(CC2(CBr)CCCC2)CC1OC. The van der Waals surface area contributed by atoms with Gasteiger partial charge < -0.3 is 9.47 Å². The van der Waals surface area contributed by atoms with Gasteiger partial charge in [-0.15, -0.1) is 0 Å². The van der Waals surface area contributed by atoms with Gasteiger partial charge in [-0.2, -0.15) is 0 Å². The largest absolute Gasteiger partial charge is 0.377 e. The second kappa shape index (κ2) is 6.00. The molecular weight excluding hydrogens is 282 g/mol. The molecule has 0 bridgehead atoms. The van der Waals surface area contributed by atoms with E-state index < -0.39 is 0 Å². The highest BCUT2D eigenvalue weighted by molar-refractivity contribution is 9.09. The summed E-state index contributed by atoms with van der Waals surface area (Å²) in [6.45, 7) is 3.23. The molecule has 4 heteroatoms. The number of methoxy groups -OCH3 is 2. The van der Waals surface area contributed by atoms with Gasteiger partial charge in [0.05, 0.1) is 12.2 Å². The molecule has 0 radical (unpaired) electrons. The lowest BCUT2D eigenvalue weighted by Crippen LogP contribution is -2.36. The fourth-order valence-electron chi connectivity index (χ4n) is 3.33. The molecule has 0 aromatic heterocycles. The van der Waals surface area contributed by atoms with Crippen LogP contribution < -0.4 is 0 Å². The van der Waals surface area contributed by atoms with Crippen molar-refractivity contribution in [2.24, 2.45) is 5.41 Å². The van der Waals surface area contributed by atoms with Crippen LogP contribution in [0.5, 0.6) is 0 Å². The molecule has 1 saturated carbocycles. The van der Waals surface area contributed by atoms with Crippen LogP contribution in [0.2, 0.25) is 0 Å². The van der Waals surface area contributed by atoms with Crippen LogP contribution >= 0.6 is 15.9 Å². The van der Waals surface area contributed by atoms with Crippen molar-refractivity contribution in [3.8, 4) is 0 Å². The van der Waals surface area contributed by atoms with Crippen molar-refractivity contribution in [3.63, 3.8) is 0 Å². The molecule has 1 saturated heterocycles. The summed E-state index contributed by atoms with van der Waals surface area (Å²) in [6.07, 6.45) is 6.00. The molecule has 1 aliphatic heterocycles. The molecule has 0 N–H and O–H groups in total. The van der Waals surface area contributed by atoms with E-state index in [1.807, 2.05) is 0 Å². The molecule has 2 rings (SSSR count). The van der Waals surface area contributed by atoms with E-state index in [9.17, 15) is 0 Å². The molecule has 1 aliphatic carbocycles. The first-order valence-electron chi connectivity index (χ1n) is 6.57. The first kappa shape index (κ1) is 13.8. The van der Waals surface area contributed by atoms with Crippen molar-refractivity contribution in [3.05, 3.63) is 0 Å². The highest BCUT2D eigenvalue weighted by atomic mass is 79.9. The minimum Gasteiger partial charge on any atom is -0.377 e.